The normalized spacial score (nSPS) is 14.2. The molecule has 3 rings (SSSR count). The highest BCUT2D eigenvalue weighted by Crippen LogP contribution is 2.33. The highest BCUT2D eigenvalue weighted by Gasteiger charge is 2.18. The third-order valence-electron chi connectivity index (χ3n) is 3.37. The lowest BCUT2D eigenvalue weighted by Crippen LogP contribution is -2.18. The van der Waals surface area contributed by atoms with Crippen molar-refractivity contribution in [3.05, 3.63) is 51.8 Å². The molecule has 0 aliphatic carbocycles. The van der Waals surface area contributed by atoms with Crippen molar-refractivity contribution in [1.82, 2.24) is 4.57 Å². The van der Waals surface area contributed by atoms with E-state index in [-0.39, 0.29) is 5.84 Å². The summed E-state index contributed by atoms with van der Waals surface area (Å²) in [6.07, 6.45) is 2.83. The second-order valence-electron chi connectivity index (χ2n) is 4.66. The maximum Gasteiger partial charge on any atom is 0.186 e. The van der Waals surface area contributed by atoms with Crippen LogP contribution in [0.15, 0.2) is 40.1 Å². The average molecular weight is 336 g/mol. The second-order valence-corrected chi connectivity index (χ2v) is 5.57. The van der Waals surface area contributed by atoms with Crippen LogP contribution in [-0.2, 0) is 13.0 Å². The molecule has 0 atom stereocenters. The molecule has 104 valence electrons. The lowest BCUT2D eigenvalue weighted by atomic mass is 10.1. The van der Waals surface area contributed by atoms with Crippen molar-refractivity contribution in [1.29, 1.82) is 0 Å². The summed E-state index contributed by atoms with van der Waals surface area (Å²) in [7, 11) is 0. The molecule has 20 heavy (non-hydrogen) atoms. The van der Waals surface area contributed by atoms with E-state index in [2.05, 4.69) is 27.2 Å². The molecule has 6 heteroatoms. The van der Waals surface area contributed by atoms with Gasteiger partial charge in [0.05, 0.1) is 18.8 Å². The summed E-state index contributed by atoms with van der Waals surface area (Å²) in [6.45, 7) is 1.33. The minimum atomic E-state index is 0.0996. The highest BCUT2D eigenvalue weighted by molar-refractivity contribution is 9.10. The molecule has 1 aliphatic heterocycles. The van der Waals surface area contributed by atoms with Crippen LogP contribution in [0.1, 0.15) is 16.8 Å². The summed E-state index contributed by atoms with van der Waals surface area (Å²) in [4.78, 5) is 0. The van der Waals surface area contributed by atoms with Crippen LogP contribution in [0.25, 0.3) is 0 Å². The Kier molecular flexibility index (Phi) is 3.40. The minimum Gasteiger partial charge on any atom is -0.493 e. The first kappa shape index (κ1) is 13.1. The maximum atomic E-state index is 8.81. The van der Waals surface area contributed by atoms with Gasteiger partial charge in [-0.25, -0.2) is 0 Å². The molecular formula is C14H14BrN3O2. The zero-order valence-corrected chi connectivity index (χ0v) is 12.3. The molecule has 1 aliphatic rings. The van der Waals surface area contributed by atoms with E-state index in [0.717, 1.165) is 28.8 Å². The zero-order valence-electron chi connectivity index (χ0n) is 10.7. The molecule has 1 aromatic carbocycles. The van der Waals surface area contributed by atoms with Gasteiger partial charge in [0.2, 0.25) is 0 Å². The Hall–Kier alpha value is -1.95. The van der Waals surface area contributed by atoms with Gasteiger partial charge in [0.25, 0.3) is 0 Å². The largest absolute Gasteiger partial charge is 0.493 e. The van der Waals surface area contributed by atoms with Gasteiger partial charge in [-0.15, -0.1) is 0 Å². The third-order valence-corrected chi connectivity index (χ3v) is 3.82. The minimum absolute atomic E-state index is 0.0996. The number of ether oxygens (including phenoxy) is 1. The van der Waals surface area contributed by atoms with Crippen LogP contribution in [0.3, 0.4) is 0 Å². The smallest absolute Gasteiger partial charge is 0.186 e. The summed E-state index contributed by atoms with van der Waals surface area (Å²) >= 11 is 3.53. The van der Waals surface area contributed by atoms with Gasteiger partial charge in [-0.2, -0.15) is 0 Å². The van der Waals surface area contributed by atoms with Gasteiger partial charge in [0.15, 0.2) is 5.84 Å². The number of hydrogen-bond acceptors (Lipinski definition) is 3. The fourth-order valence-corrected chi connectivity index (χ4v) is 3.04. The summed E-state index contributed by atoms with van der Waals surface area (Å²) < 4.78 is 8.68. The van der Waals surface area contributed by atoms with Crippen molar-refractivity contribution in [3.8, 4) is 5.75 Å². The predicted molar refractivity (Wildman–Crippen MR) is 79.4 cm³/mol. The Bertz CT molecular complexity index is 679. The quantitative estimate of drug-likeness (QED) is 0.391. The van der Waals surface area contributed by atoms with Gasteiger partial charge >= 0.3 is 0 Å². The average Bonchev–Trinajstić information content (AvgIpc) is 3.06. The Morgan fingerprint density at radius 1 is 1.50 bits per heavy atom. The van der Waals surface area contributed by atoms with Crippen LogP contribution in [0.4, 0.5) is 0 Å². The van der Waals surface area contributed by atoms with E-state index < -0.39 is 0 Å². The summed E-state index contributed by atoms with van der Waals surface area (Å²) in [5.74, 6) is 1.05. The highest BCUT2D eigenvalue weighted by atomic mass is 79.9. The molecule has 3 N–H and O–H groups in total. The molecule has 0 saturated carbocycles. The molecule has 0 bridgehead atoms. The molecule has 2 heterocycles. The second kappa shape index (κ2) is 5.20. The molecule has 0 unspecified atom stereocenters. The third kappa shape index (κ3) is 2.27. The number of hydrogen-bond donors (Lipinski definition) is 2. The van der Waals surface area contributed by atoms with E-state index in [1.807, 2.05) is 29.0 Å². The molecule has 1 aromatic heterocycles. The van der Waals surface area contributed by atoms with Crippen molar-refractivity contribution in [2.75, 3.05) is 6.61 Å². The predicted octanol–water partition coefficient (Wildman–Crippen LogP) is 2.33. The first-order valence-electron chi connectivity index (χ1n) is 6.26. The lowest BCUT2D eigenvalue weighted by Gasteiger charge is -2.12. The number of nitrogens with two attached hydrogens (primary N) is 1. The van der Waals surface area contributed by atoms with Crippen molar-refractivity contribution in [2.24, 2.45) is 10.9 Å². The fraction of sp³-hybridized carbons (Fsp3) is 0.214. The van der Waals surface area contributed by atoms with E-state index >= 15 is 0 Å². The molecule has 0 fully saturated rings. The van der Waals surface area contributed by atoms with Gasteiger partial charge in [0.1, 0.15) is 5.75 Å². The maximum absolute atomic E-state index is 8.81. The number of halogens is 1. The first-order chi connectivity index (χ1) is 9.69. The Labute approximate surface area is 124 Å². The number of fused-ring (bicyclic) bond motifs is 1. The topological polar surface area (TPSA) is 72.8 Å². The van der Waals surface area contributed by atoms with E-state index in [0.29, 0.717) is 12.2 Å². The van der Waals surface area contributed by atoms with E-state index in [1.165, 1.54) is 5.56 Å². The van der Waals surface area contributed by atoms with Crippen molar-refractivity contribution < 1.29 is 9.94 Å². The lowest BCUT2D eigenvalue weighted by molar-refractivity contribution is 0.318. The van der Waals surface area contributed by atoms with E-state index in [9.17, 15) is 0 Å². The van der Waals surface area contributed by atoms with Gasteiger partial charge in [0, 0.05) is 22.7 Å². The monoisotopic (exact) mass is 335 g/mol. The molecule has 0 amide bonds. The summed E-state index contributed by atoms with van der Waals surface area (Å²) in [5.41, 5.74) is 8.65. The van der Waals surface area contributed by atoms with Gasteiger partial charge in [-0.1, -0.05) is 21.1 Å². The van der Waals surface area contributed by atoms with Crippen molar-refractivity contribution in [2.45, 2.75) is 13.0 Å². The van der Waals surface area contributed by atoms with Crippen LogP contribution in [0, 0.1) is 0 Å². The molecule has 0 spiro atoms. The van der Waals surface area contributed by atoms with Crippen molar-refractivity contribution in [3.63, 3.8) is 0 Å². The number of amidine groups is 1. The molecule has 0 radical (unpaired) electrons. The number of nitrogens with zero attached hydrogens (tertiary/aromatic N) is 2. The van der Waals surface area contributed by atoms with Crippen LogP contribution in [0.2, 0.25) is 0 Å². The number of benzene rings is 1. The number of oxime groups is 1. The number of aromatic nitrogens is 1. The van der Waals surface area contributed by atoms with Gasteiger partial charge in [-0.3, -0.25) is 0 Å². The van der Waals surface area contributed by atoms with E-state index in [4.69, 9.17) is 15.7 Å². The SMILES string of the molecule is N/C(=N/O)c1cccn1Cc1cc(Br)cc2c1OCC2. The fourth-order valence-electron chi connectivity index (χ4n) is 2.48. The number of rotatable bonds is 3. The van der Waals surface area contributed by atoms with Crippen LogP contribution in [0.5, 0.6) is 5.75 Å². The summed E-state index contributed by atoms with van der Waals surface area (Å²) in [5, 5.41) is 11.9. The van der Waals surface area contributed by atoms with Crippen molar-refractivity contribution >= 4 is 21.8 Å². The zero-order chi connectivity index (χ0) is 14.1. The van der Waals surface area contributed by atoms with E-state index in [1.54, 1.807) is 0 Å². The molecule has 0 saturated heterocycles. The molecular weight excluding hydrogens is 322 g/mol. The summed E-state index contributed by atoms with van der Waals surface area (Å²) in [6, 6.07) is 7.81. The van der Waals surface area contributed by atoms with Gasteiger partial charge < -0.3 is 20.2 Å². The molecule has 5 nitrogen and oxygen atoms in total. The molecule has 2 aromatic rings. The Balaban J connectivity index is 1.99. The van der Waals surface area contributed by atoms with Gasteiger partial charge in [-0.05, 0) is 29.8 Å². The Morgan fingerprint density at radius 2 is 2.35 bits per heavy atom. The first-order valence-corrected chi connectivity index (χ1v) is 7.05. The van der Waals surface area contributed by atoms with Crippen LogP contribution < -0.4 is 10.5 Å². The standard InChI is InChI=1S/C14H14BrN3O2/c15-11-6-9-3-5-20-13(9)10(7-11)8-18-4-1-2-12(18)14(16)17-19/h1-2,4,6-7,19H,3,5,8H2,(H2,16,17). The van der Waals surface area contributed by atoms with Crippen LogP contribution in [-0.4, -0.2) is 22.2 Å². The van der Waals surface area contributed by atoms with Crippen LogP contribution >= 0.6 is 15.9 Å². The Morgan fingerprint density at radius 3 is 3.15 bits per heavy atom.